The number of hydrogen-bond donors (Lipinski definition) is 1. The first-order valence-electron chi connectivity index (χ1n) is 5.25. The number of rotatable bonds is 2. The van der Waals surface area contributed by atoms with Crippen LogP contribution >= 0.6 is 0 Å². The minimum atomic E-state index is -3.33. The molecule has 1 aromatic heterocycles. The summed E-state index contributed by atoms with van der Waals surface area (Å²) in [5.41, 5.74) is 0.921. The summed E-state index contributed by atoms with van der Waals surface area (Å²) in [4.78, 5) is 10.9. The molecular formula is C12H7NO5S. The molecule has 6 nitrogen and oxygen atoms in total. The third-order valence-corrected chi connectivity index (χ3v) is 4.24. The first kappa shape index (κ1) is 11.7. The number of aromatic nitrogens is 1. The topological polar surface area (TPSA) is 97.5 Å². The molecule has 0 saturated carbocycles. The zero-order chi connectivity index (χ0) is 13.6. The van der Waals surface area contributed by atoms with Crippen molar-refractivity contribution >= 4 is 21.9 Å². The lowest BCUT2D eigenvalue weighted by Crippen LogP contribution is -1.94. The van der Waals surface area contributed by atoms with Gasteiger partial charge in [-0.15, -0.1) is 0 Å². The predicted octanol–water partition coefficient (Wildman–Crippen LogP) is 1.80. The molecule has 96 valence electrons. The predicted molar refractivity (Wildman–Crippen MR) is 65.1 cm³/mol. The van der Waals surface area contributed by atoms with Crippen LogP contribution in [0.3, 0.4) is 0 Å². The third-order valence-electron chi connectivity index (χ3n) is 2.76. The molecule has 2 aromatic rings. The summed E-state index contributed by atoms with van der Waals surface area (Å²) in [6.07, 6.45) is 1.49. The van der Waals surface area contributed by atoms with Crippen LogP contribution in [0.15, 0.2) is 39.1 Å². The van der Waals surface area contributed by atoms with E-state index in [1.165, 1.54) is 18.2 Å². The monoisotopic (exact) mass is 277 g/mol. The smallest absolute Gasteiger partial charge is 0.358 e. The molecule has 0 amide bonds. The fourth-order valence-corrected chi connectivity index (χ4v) is 3.02. The van der Waals surface area contributed by atoms with Gasteiger partial charge in [-0.1, -0.05) is 5.16 Å². The lowest BCUT2D eigenvalue weighted by Gasteiger charge is -2.00. The SMILES string of the molecule is O=C(O)c1cc(-c2ccc3c(c2)C=CS3(=O)=O)on1. The minimum absolute atomic E-state index is 0.196. The fourth-order valence-electron chi connectivity index (χ4n) is 1.84. The summed E-state index contributed by atoms with van der Waals surface area (Å²) in [5, 5.41) is 13.3. The number of benzene rings is 1. The maximum absolute atomic E-state index is 11.6. The Morgan fingerprint density at radius 2 is 2.05 bits per heavy atom. The first-order valence-corrected chi connectivity index (χ1v) is 6.79. The van der Waals surface area contributed by atoms with Gasteiger partial charge in [0.2, 0.25) is 0 Å². The van der Waals surface area contributed by atoms with Crippen LogP contribution in [0.5, 0.6) is 0 Å². The molecule has 19 heavy (non-hydrogen) atoms. The van der Waals surface area contributed by atoms with Gasteiger partial charge >= 0.3 is 5.97 Å². The molecule has 1 N–H and O–H groups in total. The average Bonchev–Trinajstić information content (AvgIpc) is 2.95. The van der Waals surface area contributed by atoms with Gasteiger partial charge in [0.15, 0.2) is 21.3 Å². The zero-order valence-electron chi connectivity index (χ0n) is 9.40. The Bertz CT molecular complexity index is 816. The molecule has 0 radical (unpaired) electrons. The Balaban J connectivity index is 2.08. The van der Waals surface area contributed by atoms with Gasteiger partial charge in [0, 0.05) is 17.0 Å². The summed E-state index contributed by atoms with van der Waals surface area (Å²) < 4.78 is 28.1. The van der Waals surface area contributed by atoms with Crippen LogP contribution in [0, 0.1) is 0 Å². The Hall–Kier alpha value is -2.41. The van der Waals surface area contributed by atoms with Gasteiger partial charge in [0.05, 0.1) is 4.90 Å². The minimum Gasteiger partial charge on any atom is -0.476 e. The fraction of sp³-hybridized carbons (Fsp3) is 0. The highest BCUT2D eigenvalue weighted by Crippen LogP contribution is 2.31. The molecule has 0 fully saturated rings. The quantitative estimate of drug-likeness (QED) is 0.898. The Labute approximate surface area is 107 Å². The third kappa shape index (κ3) is 1.84. The highest BCUT2D eigenvalue weighted by atomic mass is 32.2. The van der Waals surface area contributed by atoms with Crippen molar-refractivity contribution in [1.82, 2.24) is 5.16 Å². The zero-order valence-corrected chi connectivity index (χ0v) is 10.2. The lowest BCUT2D eigenvalue weighted by atomic mass is 10.1. The second kappa shape index (κ2) is 3.79. The largest absolute Gasteiger partial charge is 0.476 e. The van der Waals surface area contributed by atoms with Crippen LogP contribution < -0.4 is 0 Å². The van der Waals surface area contributed by atoms with E-state index in [0.29, 0.717) is 11.1 Å². The number of hydrogen-bond acceptors (Lipinski definition) is 5. The highest BCUT2D eigenvalue weighted by Gasteiger charge is 2.21. The molecule has 0 saturated heterocycles. The molecule has 0 spiro atoms. The standard InChI is InChI=1S/C12H7NO5S/c14-12(15)9-6-10(18-13-9)7-1-2-11-8(5-7)3-4-19(11,16)17/h1-6H,(H,14,15). The Kier molecular flexibility index (Phi) is 2.33. The van der Waals surface area contributed by atoms with Gasteiger partial charge in [-0.3, -0.25) is 0 Å². The van der Waals surface area contributed by atoms with Crippen molar-refractivity contribution in [2.45, 2.75) is 4.90 Å². The lowest BCUT2D eigenvalue weighted by molar-refractivity contribution is 0.0686. The normalized spacial score (nSPS) is 15.4. The number of carbonyl (C=O) groups is 1. The van der Waals surface area contributed by atoms with Gasteiger partial charge in [-0.05, 0) is 29.8 Å². The average molecular weight is 277 g/mol. The molecule has 0 unspecified atom stereocenters. The summed E-state index contributed by atoms with van der Waals surface area (Å²) in [6, 6.07) is 5.91. The number of carboxylic acid groups (broad SMARTS) is 1. The summed E-state index contributed by atoms with van der Waals surface area (Å²) >= 11 is 0. The van der Waals surface area contributed by atoms with Gasteiger partial charge in [-0.2, -0.15) is 0 Å². The second-order valence-electron chi connectivity index (χ2n) is 3.98. The van der Waals surface area contributed by atoms with Crippen molar-refractivity contribution in [1.29, 1.82) is 0 Å². The maximum Gasteiger partial charge on any atom is 0.358 e. The summed E-state index contributed by atoms with van der Waals surface area (Å²) in [5.74, 6) is -0.906. The van der Waals surface area contributed by atoms with Crippen LogP contribution in [-0.2, 0) is 9.84 Å². The summed E-state index contributed by atoms with van der Waals surface area (Å²) in [6.45, 7) is 0. The van der Waals surface area contributed by atoms with Gasteiger partial charge in [0.1, 0.15) is 0 Å². The molecule has 2 heterocycles. The molecule has 1 aromatic carbocycles. The van der Waals surface area contributed by atoms with E-state index in [0.717, 1.165) is 5.41 Å². The Morgan fingerprint density at radius 1 is 1.26 bits per heavy atom. The van der Waals surface area contributed by atoms with Crippen LogP contribution in [0.2, 0.25) is 0 Å². The number of aromatic carboxylic acids is 1. The van der Waals surface area contributed by atoms with Crippen molar-refractivity contribution in [3.63, 3.8) is 0 Å². The molecule has 0 aliphatic carbocycles. The second-order valence-corrected chi connectivity index (χ2v) is 5.78. The van der Waals surface area contributed by atoms with Crippen LogP contribution in [0.1, 0.15) is 16.1 Å². The van der Waals surface area contributed by atoms with E-state index in [4.69, 9.17) is 9.63 Å². The van der Waals surface area contributed by atoms with Crippen molar-refractivity contribution in [3.8, 4) is 11.3 Å². The van der Waals surface area contributed by atoms with Gasteiger partial charge < -0.3 is 9.63 Å². The molecule has 7 heteroatoms. The number of carboxylic acids is 1. The van der Waals surface area contributed by atoms with Gasteiger partial charge in [-0.25, -0.2) is 13.2 Å². The van der Waals surface area contributed by atoms with Crippen molar-refractivity contribution in [3.05, 3.63) is 40.9 Å². The van der Waals surface area contributed by atoms with Crippen molar-refractivity contribution < 1.29 is 22.8 Å². The van der Waals surface area contributed by atoms with Crippen molar-refractivity contribution in [2.75, 3.05) is 0 Å². The maximum atomic E-state index is 11.6. The molecule has 0 bridgehead atoms. The number of fused-ring (bicyclic) bond motifs is 1. The highest BCUT2D eigenvalue weighted by molar-refractivity contribution is 7.94. The Morgan fingerprint density at radius 3 is 2.74 bits per heavy atom. The molecule has 3 rings (SSSR count). The van der Waals surface area contributed by atoms with Crippen LogP contribution in [-0.4, -0.2) is 24.7 Å². The molecule has 0 atom stereocenters. The van der Waals surface area contributed by atoms with E-state index in [9.17, 15) is 13.2 Å². The molecule has 1 aliphatic rings. The summed E-state index contributed by atoms with van der Waals surface area (Å²) in [7, 11) is -3.33. The van der Waals surface area contributed by atoms with E-state index in [1.54, 1.807) is 12.1 Å². The van der Waals surface area contributed by atoms with E-state index in [2.05, 4.69) is 5.16 Å². The molecular weight excluding hydrogens is 270 g/mol. The van der Waals surface area contributed by atoms with E-state index < -0.39 is 15.8 Å². The van der Waals surface area contributed by atoms with Crippen LogP contribution in [0.25, 0.3) is 17.4 Å². The van der Waals surface area contributed by atoms with E-state index in [1.807, 2.05) is 0 Å². The molecule has 1 aliphatic heterocycles. The van der Waals surface area contributed by atoms with Gasteiger partial charge in [0.25, 0.3) is 0 Å². The van der Waals surface area contributed by atoms with Crippen LogP contribution in [0.4, 0.5) is 0 Å². The first-order chi connectivity index (χ1) is 8.97. The van der Waals surface area contributed by atoms with E-state index >= 15 is 0 Å². The number of nitrogens with zero attached hydrogens (tertiary/aromatic N) is 1. The number of sulfone groups is 1. The van der Waals surface area contributed by atoms with E-state index in [-0.39, 0.29) is 16.3 Å². The van der Waals surface area contributed by atoms with Crippen molar-refractivity contribution in [2.24, 2.45) is 0 Å².